The quantitative estimate of drug-likeness (QED) is 0.830. The second kappa shape index (κ2) is 6.05. The van der Waals surface area contributed by atoms with E-state index < -0.39 is 5.97 Å². The van der Waals surface area contributed by atoms with E-state index >= 15 is 0 Å². The van der Waals surface area contributed by atoms with Crippen LogP contribution in [-0.2, 0) is 20.9 Å². The van der Waals surface area contributed by atoms with E-state index in [1.165, 1.54) is 12.0 Å². The Hall–Kier alpha value is -1.88. The Kier molecular flexibility index (Phi) is 4.39. The van der Waals surface area contributed by atoms with Gasteiger partial charge in [0.25, 0.3) is 0 Å². The van der Waals surface area contributed by atoms with Crippen molar-refractivity contribution < 1.29 is 14.3 Å². The first-order chi connectivity index (χ1) is 9.52. The minimum absolute atomic E-state index is 0.0209. The number of hydrogen-bond acceptors (Lipinski definition) is 4. The zero-order chi connectivity index (χ0) is 14.7. The standard InChI is InChI=1S/C15H20N2O3/c1-10-4-5-11-7-16-8-13(12(11)6-10)15(19)17(2)9-14(18)20-3/h4-6,13,16H,7-9H2,1-3H3. The summed E-state index contributed by atoms with van der Waals surface area (Å²) in [5, 5.41) is 3.25. The largest absolute Gasteiger partial charge is 0.468 e. The Morgan fingerprint density at radius 2 is 2.20 bits per heavy atom. The van der Waals surface area contributed by atoms with Gasteiger partial charge in [-0.15, -0.1) is 0 Å². The van der Waals surface area contributed by atoms with Gasteiger partial charge in [-0.2, -0.15) is 0 Å². The second-order valence-corrected chi connectivity index (χ2v) is 5.16. The molecular formula is C15H20N2O3. The zero-order valence-corrected chi connectivity index (χ0v) is 12.1. The highest BCUT2D eigenvalue weighted by Gasteiger charge is 2.29. The van der Waals surface area contributed by atoms with Gasteiger partial charge in [0.05, 0.1) is 13.0 Å². The lowest BCUT2D eigenvalue weighted by Gasteiger charge is -2.29. The van der Waals surface area contributed by atoms with Gasteiger partial charge >= 0.3 is 5.97 Å². The number of carbonyl (C=O) groups excluding carboxylic acids is 2. The Morgan fingerprint density at radius 1 is 1.45 bits per heavy atom. The van der Waals surface area contributed by atoms with E-state index in [0.717, 1.165) is 23.2 Å². The van der Waals surface area contributed by atoms with Crippen LogP contribution < -0.4 is 5.32 Å². The van der Waals surface area contributed by atoms with Crippen molar-refractivity contribution in [2.24, 2.45) is 0 Å². The first-order valence-electron chi connectivity index (χ1n) is 6.65. The molecule has 1 N–H and O–H groups in total. The number of rotatable bonds is 3. The molecule has 1 heterocycles. The molecule has 1 aliphatic rings. The SMILES string of the molecule is COC(=O)CN(C)C(=O)C1CNCc2ccc(C)cc21. The van der Waals surface area contributed by atoms with Crippen LogP contribution in [0.15, 0.2) is 18.2 Å². The van der Waals surface area contributed by atoms with Gasteiger partial charge < -0.3 is 15.0 Å². The van der Waals surface area contributed by atoms with Gasteiger partial charge in [0.2, 0.25) is 5.91 Å². The average molecular weight is 276 g/mol. The fourth-order valence-corrected chi connectivity index (χ4v) is 2.48. The van der Waals surface area contributed by atoms with Crippen molar-refractivity contribution in [1.29, 1.82) is 0 Å². The number of carbonyl (C=O) groups is 2. The van der Waals surface area contributed by atoms with Crippen molar-refractivity contribution in [2.75, 3.05) is 27.2 Å². The number of benzene rings is 1. The second-order valence-electron chi connectivity index (χ2n) is 5.16. The van der Waals surface area contributed by atoms with Gasteiger partial charge in [0, 0.05) is 20.1 Å². The van der Waals surface area contributed by atoms with Crippen molar-refractivity contribution in [3.8, 4) is 0 Å². The fraction of sp³-hybridized carbons (Fsp3) is 0.467. The average Bonchev–Trinajstić information content (AvgIpc) is 2.45. The molecule has 1 amide bonds. The van der Waals surface area contributed by atoms with Gasteiger partial charge in [-0.3, -0.25) is 9.59 Å². The topological polar surface area (TPSA) is 58.6 Å². The molecule has 0 saturated carbocycles. The van der Waals surface area contributed by atoms with E-state index in [1.54, 1.807) is 7.05 Å². The monoisotopic (exact) mass is 276 g/mol. The van der Waals surface area contributed by atoms with Gasteiger partial charge in [0.1, 0.15) is 6.54 Å². The maximum atomic E-state index is 12.5. The van der Waals surface area contributed by atoms with Crippen LogP contribution in [0.25, 0.3) is 0 Å². The third-order valence-electron chi connectivity index (χ3n) is 3.61. The van der Waals surface area contributed by atoms with Crippen LogP contribution >= 0.6 is 0 Å². The van der Waals surface area contributed by atoms with Crippen LogP contribution in [0.4, 0.5) is 0 Å². The molecule has 5 heteroatoms. The molecule has 0 aliphatic carbocycles. The molecule has 5 nitrogen and oxygen atoms in total. The lowest BCUT2D eigenvalue weighted by Crippen LogP contribution is -2.41. The van der Waals surface area contributed by atoms with Crippen LogP contribution in [0.3, 0.4) is 0 Å². The van der Waals surface area contributed by atoms with E-state index in [0.29, 0.717) is 6.54 Å². The molecule has 0 radical (unpaired) electrons. The van der Waals surface area contributed by atoms with Gasteiger partial charge in [-0.1, -0.05) is 23.8 Å². The predicted octanol–water partition coefficient (Wildman–Crippen LogP) is 0.813. The van der Waals surface area contributed by atoms with Crippen LogP contribution in [-0.4, -0.2) is 44.0 Å². The molecule has 2 rings (SSSR count). The third kappa shape index (κ3) is 2.99. The predicted molar refractivity (Wildman–Crippen MR) is 75.3 cm³/mol. The van der Waals surface area contributed by atoms with Gasteiger partial charge in [-0.05, 0) is 18.1 Å². The van der Waals surface area contributed by atoms with Crippen molar-refractivity contribution >= 4 is 11.9 Å². The molecule has 1 aliphatic heterocycles. The smallest absolute Gasteiger partial charge is 0.325 e. The Labute approximate surface area is 118 Å². The molecule has 108 valence electrons. The highest BCUT2D eigenvalue weighted by molar-refractivity contribution is 5.87. The first kappa shape index (κ1) is 14.5. The molecule has 1 aromatic rings. The van der Waals surface area contributed by atoms with Crippen molar-refractivity contribution in [2.45, 2.75) is 19.4 Å². The number of likely N-dealkylation sites (N-methyl/N-ethyl adjacent to an activating group) is 1. The molecular weight excluding hydrogens is 256 g/mol. The summed E-state index contributed by atoms with van der Waals surface area (Å²) in [6, 6.07) is 6.16. The van der Waals surface area contributed by atoms with E-state index in [4.69, 9.17) is 0 Å². The highest BCUT2D eigenvalue weighted by Crippen LogP contribution is 2.26. The summed E-state index contributed by atoms with van der Waals surface area (Å²) in [7, 11) is 2.95. The molecule has 1 unspecified atom stereocenters. The minimum atomic E-state index is -0.408. The number of nitrogens with zero attached hydrogens (tertiary/aromatic N) is 1. The lowest BCUT2D eigenvalue weighted by molar-refractivity contribution is -0.146. The number of nitrogens with one attached hydrogen (secondary N) is 1. The number of esters is 1. The zero-order valence-electron chi connectivity index (χ0n) is 12.1. The molecule has 20 heavy (non-hydrogen) atoms. The summed E-state index contributed by atoms with van der Waals surface area (Å²) in [6.07, 6.45) is 0. The van der Waals surface area contributed by atoms with Crippen molar-refractivity contribution in [3.05, 3.63) is 34.9 Å². The maximum absolute atomic E-state index is 12.5. The van der Waals surface area contributed by atoms with E-state index in [-0.39, 0.29) is 18.4 Å². The molecule has 0 fully saturated rings. The third-order valence-corrected chi connectivity index (χ3v) is 3.61. The molecule has 0 saturated heterocycles. The Balaban J connectivity index is 2.20. The van der Waals surface area contributed by atoms with Crippen molar-refractivity contribution in [1.82, 2.24) is 10.2 Å². The fourth-order valence-electron chi connectivity index (χ4n) is 2.48. The minimum Gasteiger partial charge on any atom is -0.468 e. The Bertz CT molecular complexity index is 528. The maximum Gasteiger partial charge on any atom is 0.325 e. The molecule has 0 bridgehead atoms. The van der Waals surface area contributed by atoms with E-state index in [1.807, 2.05) is 13.0 Å². The number of ether oxygens (including phenoxy) is 1. The number of methoxy groups -OCH3 is 1. The lowest BCUT2D eigenvalue weighted by atomic mass is 9.88. The summed E-state index contributed by atoms with van der Waals surface area (Å²) in [5.41, 5.74) is 3.34. The summed E-state index contributed by atoms with van der Waals surface area (Å²) in [6.45, 7) is 3.37. The van der Waals surface area contributed by atoms with Crippen LogP contribution in [0.1, 0.15) is 22.6 Å². The van der Waals surface area contributed by atoms with Crippen LogP contribution in [0, 0.1) is 6.92 Å². The molecule has 0 aromatic heterocycles. The number of fused-ring (bicyclic) bond motifs is 1. The molecule has 0 spiro atoms. The number of amides is 1. The Morgan fingerprint density at radius 3 is 2.90 bits per heavy atom. The van der Waals surface area contributed by atoms with Gasteiger partial charge in [-0.25, -0.2) is 0 Å². The normalized spacial score (nSPS) is 17.2. The summed E-state index contributed by atoms with van der Waals surface area (Å²) in [5.74, 6) is -0.711. The number of hydrogen-bond donors (Lipinski definition) is 1. The summed E-state index contributed by atoms with van der Waals surface area (Å²) < 4.78 is 4.60. The molecule has 1 aromatic carbocycles. The van der Waals surface area contributed by atoms with E-state index in [2.05, 4.69) is 22.2 Å². The van der Waals surface area contributed by atoms with Crippen LogP contribution in [0.5, 0.6) is 0 Å². The number of aryl methyl sites for hydroxylation is 1. The summed E-state index contributed by atoms with van der Waals surface area (Å²) >= 11 is 0. The van der Waals surface area contributed by atoms with Crippen LogP contribution in [0.2, 0.25) is 0 Å². The van der Waals surface area contributed by atoms with Gasteiger partial charge in [0.15, 0.2) is 0 Å². The first-order valence-corrected chi connectivity index (χ1v) is 6.65. The highest BCUT2D eigenvalue weighted by atomic mass is 16.5. The summed E-state index contributed by atoms with van der Waals surface area (Å²) in [4.78, 5) is 25.2. The van der Waals surface area contributed by atoms with Crippen molar-refractivity contribution in [3.63, 3.8) is 0 Å². The molecule has 1 atom stereocenters. The van der Waals surface area contributed by atoms with E-state index in [9.17, 15) is 9.59 Å².